The van der Waals surface area contributed by atoms with Crippen molar-refractivity contribution in [2.24, 2.45) is 0 Å². The van der Waals surface area contributed by atoms with Gasteiger partial charge in [0, 0.05) is 24.3 Å². The van der Waals surface area contributed by atoms with Crippen LogP contribution in [-0.2, 0) is 0 Å². The van der Waals surface area contributed by atoms with Gasteiger partial charge in [-0.1, -0.05) is 68.4 Å². The van der Waals surface area contributed by atoms with Crippen LogP contribution in [0.5, 0.6) is 11.5 Å². The zero-order valence-corrected chi connectivity index (χ0v) is 15.9. The Bertz CT molecular complexity index is 1220. The molecule has 136 valence electrons. The molecule has 5 rings (SSSR count). The summed E-state index contributed by atoms with van der Waals surface area (Å²) in [6.07, 6.45) is 1.78. The maximum Gasteiger partial charge on any atom is 0.144 e. The number of benzene rings is 3. The van der Waals surface area contributed by atoms with E-state index in [-0.39, 0.29) is 0 Å². The Morgan fingerprint density at radius 3 is 2.18 bits per heavy atom. The molecule has 4 aromatic rings. The lowest BCUT2D eigenvalue weighted by Gasteiger charge is -2.15. The fourth-order valence-electron chi connectivity index (χ4n) is 3.79. The summed E-state index contributed by atoms with van der Waals surface area (Å²) in [6.45, 7) is 3.78. The molecule has 0 bridgehead atoms. The number of fused-ring (bicyclic) bond motifs is 5. The van der Waals surface area contributed by atoms with Crippen LogP contribution in [0.3, 0.4) is 0 Å². The summed E-state index contributed by atoms with van der Waals surface area (Å²) in [5.74, 6) is 0.948. The lowest BCUT2D eigenvalue weighted by Crippen LogP contribution is -1.94. The predicted molar refractivity (Wildman–Crippen MR) is 115 cm³/mol. The van der Waals surface area contributed by atoms with Crippen molar-refractivity contribution in [3.05, 3.63) is 90.6 Å². The second kappa shape index (κ2) is 6.65. The van der Waals surface area contributed by atoms with Gasteiger partial charge in [0.2, 0.25) is 0 Å². The topological polar surface area (TPSA) is 22.1 Å². The Balaban J connectivity index is 1.78. The fraction of sp³-hybridized carbons (Fsp3) is 0.115. The van der Waals surface area contributed by atoms with Gasteiger partial charge in [-0.25, -0.2) is 0 Å². The molecule has 1 aliphatic heterocycles. The highest BCUT2D eigenvalue weighted by Gasteiger charge is 2.23. The molecule has 0 unspecified atom stereocenters. The number of ether oxygens (including phenoxy) is 1. The summed E-state index contributed by atoms with van der Waals surface area (Å²) in [5.41, 5.74) is 7.11. The van der Waals surface area contributed by atoms with Gasteiger partial charge in [0.15, 0.2) is 0 Å². The van der Waals surface area contributed by atoms with Crippen LogP contribution in [0.2, 0.25) is 0 Å². The maximum atomic E-state index is 8.39. The van der Waals surface area contributed by atoms with Gasteiger partial charge in [0.05, 0.1) is 5.69 Å². The largest absolute Gasteiger partial charge is 0.455 e. The van der Waals surface area contributed by atoms with Gasteiger partial charge < -0.3 is 4.74 Å². The number of para-hydroxylation sites is 2. The number of aromatic nitrogens is 1. The Morgan fingerprint density at radius 2 is 1.39 bits per heavy atom. The first-order valence-electron chi connectivity index (χ1n) is 9.99. The van der Waals surface area contributed by atoms with Crippen molar-refractivity contribution in [2.75, 3.05) is 0 Å². The first kappa shape index (κ1) is 15.6. The van der Waals surface area contributed by atoms with E-state index in [1.165, 1.54) is 0 Å². The number of pyridine rings is 1. The summed E-state index contributed by atoms with van der Waals surface area (Å²) in [6, 6.07) is 26.6. The van der Waals surface area contributed by atoms with E-state index in [0.717, 1.165) is 50.6 Å². The molecule has 2 heteroatoms. The number of hydrogen-bond donors (Lipinski definition) is 0. The maximum absolute atomic E-state index is 8.39. The van der Waals surface area contributed by atoms with Gasteiger partial charge in [0.25, 0.3) is 0 Å². The van der Waals surface area contributed by atoms with Crippen LogP contribution in [-0.4, -0.2) is 4.98 Å². The molecule has 3 aromatic carbocycles. The summed E-state index contributed by atoms with van der Waals surface area (Å²) >= 11 is 0. The molecule has 0 amide bonds. The van der Waals surface area contributed by atoms with Gasteiger partial charge in [0.1, 0.15) is 11.5 Å². The van der Waals surface area contributed by atoms with Crippen molar-refractivity contribution < 1.29 is 6.11 Å². The van der Waals surface area contributed by atoms with Gasteiger partial charge in [-0.2, -0.15) is 0 Å². The SMILES string of the molecule is [2H]C(C)(C)c1ccnc(-c2cccc3c2Oc2ccccc2-c2ccccc2-3)c1. The van der Waals surface area contributed by atoms with Gasteiger partial charge in [-0.3, -0.25) is 4.98 Å². The molecule has 0 aliphatic carbocycles. The molecule has 28 heavy (non-hydrogen) atoms. The first-order valence-corrected chi connectivity index (χ1v) is 9.49. The zero-order valence-electron chi connectivity index (χ0n) is 16.9. The third-order valence-corrected chi connectivity index (χ3v) is 5.23. The van der Waals surface area contributed by atoms with Crippen LogP contribution >= 0.6 is 0 Å². The van der Waals surface area contributed by atoms with E-state index in [4.69, 9.17) is 6.11 Å². The van der Waals surface area contributed by atoms with Crippen LogP contribution in [0.15, 0.2) is 85.1 Å². The van der Waals surface area contributed by atoms with E-state index in [2.05, 4.69) is 41.4 Å². The molecular formula is C26H21NO. The smallest absolute Gasteiger partial charge is 0.144 e. The molecule has 0 spiro atoms. The number of rotatable bonds is 2. The van der Waals surface area contributed by atoms with Crippen molar-refractivity contribution in [3.8, 4) is 45.0 Å². The molecular weight excluding hydrogens is 342 g/mol. The Labute approximate surface area is 166 Å². The highest BCUT2D eigenvalue weighted by molar-refractivity contribution is 5.93. The van der Waals surface area contributed by atoms with Crippen LogP contribution in [0.25, 0.3) is 33.5 Å². The molecule has 0 atom stereocenters. The van der Waals surface area contributed by atoms with Crippen molar-refractivity contribution >= 4 is 0 Å². The summed E-state index contributed by atoms with van der Waals surface area (Å²) in [4.78, 5) is 4.61. The van der Waals surface area contributed by atoms with Crippen LogP contribution < -0.4 is 4.74 Å². The second-order valence-corrected chi connectivity index (χ2v) is 7.26. The van der Waals surface area contributed by atoms with Crippen molar-refractivity contribution in [3.63, 3.8) is 0 Å². The van der Waals surface area contributed by atoms with Crippen LogP contribution in [0.4, 0.5) is 0 Å². The second-order valence-electron chi connectivity index (χ2n) is 7.26. The van der Waals surface area contributed by atoms with E-state index in [9.17, 15) is 0 Å². The monoisotopic (exact) mass is 364 g/mol. The van der Waals surface area contributed by atoms with Crippen LogP contribution in [0, 0.1) is 0 Å². The molecule has 0 saturated heterocycles. The molecule has 0 N–H and O–H groups in total. The Kier molecular flexibility index (Phi) is 3.71. The third kappa shape index (κ3) is 2.69. The molecule has 0 fully saturated rings. The van der Waals surface area contributed by atoms with E-state index < -0.39 is 5.89 Å². The molecule has 1 aromatic heterocycles. The third-order valence-electron chi connectivity index (χ3n) is 5.23. The minimum atomic E-state index is -0.691. The number of hydrogen-bond acceptors (Lipinski definition) is 2. The van der Waals surface area contributed by atoms with E-state index in [1.54, 1.807) is 6.20 Å². The van der Waals surface area contributed by atoms with Crippen molar-refractivity contribution in [1.82, 2.24) is 4.98 Å². The molecule has 0 saturated carbocycles. The van der Waals surface area contributed by atoms with Crippen molar-refractivity contribution in [2.45, 2.75) is 19.7 Å². The molecule has 0 radical (unpaired) electrons. The average molecular weight is 364 g/mol. The summed E-state index contributed by atoms with van der Waals surface area (Å²) in [7, 11) is 0. The predicted octanol–water partition coefficient (Wildman–Crippen LogP) is 7.31. The Morgan fingerprint density at radius 1 is 0.750 bits per heavy atom. The van der Waals surface area contributed by atoms with E-state index in [0.29, 0.717) is 0 Å². The normalized spacial score (nSPS) is 12.7. The zero-order chi connectivity index (χ0) is 20.0. The molecule has 2 nitrogen and oxygen atoms in total. The van der Waals surface area contributed by atoms with E-state index in [1.807, 2.05) is 56.3 Å². The van der Waals surface area contributed by atoms with Gasteiger partial charge in [-0.15, -0.1) is 0 Å². The first-order chi connectivity index (χ1) is 14.0. The summed E-state index contributed by atoms with van der Waals surface area (Å²) < 4.78 is 14.9. The van der Waals surface area contributed by atoms with Crippen LogP contribution in [0.1, 0.15) is 26.7 Å². The quantitative estimate of drug-likeness (QED) is 0.327. The highest BCUT2D eigenvalue weighted by Crippen LogP contribution is 2.49. The highest BCUT2D eigenvalue weighted by atomic mass is 16.5. The minimum Gasteiger partial charge on any atom is -0.455 e. The average Bonchev–Trinajstić information content (AvgIpc) is 2.88. The number of nitrogens with zero attached hydrogens (tertiary/aromatic N) is 1. The fourth-order valence-corrected chi connectivity index (χ4v) is 3.79. The standard InChI is InChI=1S/C26H21NO/c1-17(2)18-14-15-27-24(16-18)23-12-7-11-22-20-9-4-3-8-19(20)21-10-5-6-13-25(21)28-26(22)23/h3-17H,1-2H3/i17D. The van der Waals surface area contributed by atoms with Gasteiger partial charge in [-0.05, 0) is 46.8 Å². The lowest BCUT2D eigenvalue weighted by atomic mass is 9.93. The molecule has 2 heterocycles. The Hall–Kier alpha value is -3.39. The minimum absolute atomic E-state index is 0.691. The lowest BCUT2D eigenvalue weighted by molar-refractivity contribution is 0.489. The van der Waals surface area contributed by atoms with Crippen molar-refractivity contribution in [1.29, 1.82) is 0 Å². The van der Waals surface area contributed by atoms with Gasteiger partial charge >= 0.3 is 0 Å². The molecule has 1 aliphatic rings. The summed E-state index contributed by atoms with van der Waals surface area (Å²) in [5, 5.41) is 0. The van der Waals surface area contributed by atoms with E-state index >= 15 is 0 Å².